The smallest absolute Gasteiger partial charge is 0.0958 e. The molecule has 1 aliphatic heterocycles. The van der Waals surface area contributed by atoms with Crippen molar-refractivity contribution in [2.45, 2.75) is 57.1 Å². The summed E-state index contributed by atoms with van der Waals surface area (Å²) in [6, 6.07) is 8.56. The maximum Gasteiger partial charge on any atom is 0.0958 e. The monoisotopic (exact) mass is 296 g/mol. The van der Waals surface area contributed by atoms with E-state index in [4.69, 9.17) is 0 Å². The van der Waals surface area contributed by atoms with Crippen LogP contribution in [0.5, 0.6) is 0 Å². The summed E-state index contributed by atoms with van der Waals surface area (Å²) in [4.78, 5) is 4.34. The van der Waals surface area contributed by atoms with Crippen LogP contribution in [0.3, 0.4) is 0 Å². The van der Waals surface area contributed by atoms with Gasteiger partial charge in [-0.15, -0.1) is 0 Å². The standard InChI is InChI=1S/C19H24N2O/c1-19(11-18(22)14-7-3-2-4-8-14)16-10-6-5-9-15(16)17-12-20-13-21(17)19/h5-6,9-10,12-14,18,22H,2-4,7-8,11H2,1H3. The summed E-state index contributed by atoms with van der Waals surface area (Å²) >= 11 is 0. The number of rotatable bonds is 3. The summed E-state index contributed by atoms with van der Waals surface area (Å²) in [6.45, 7) is 2.25. The number of aromatic nitrogens is 2. The second-order valence-corrected chi connectivity index (χ2v) is 7.14. The summed E-state index contributed by atoms with van der Waals surface area (Å²) in [7, 11) is 0. The van der Waals surface area contributed by atoms with Crippen LogP contribution in [-0.4, -0.2) is 20.8 Å². The largest absolute Gasteiger partial charge is 0.393 e. The number of hydrogen-bond donors (Lipinski definition) is 1. The normalized spacial score (nSPS) is 25.7. The molecule has 1 N–H and O–H groups in total. The lowest BCUT2D eigenvalue weighted by atomic mass is 9.78. The molecule has 1 fully saturated rings. The molecule has 0 radical (unpaired) electrons. The summed E-state index contributed by atoms with van der Waals surface area (Å²) in [6.07, 6.45) is 10.6. The maximum atomic E-state index is 10.9. The molecule has 2 aliphatic rings. The van der Waals surface area contributed by atoms with E-state index in [1.165, 1.54) is 48.9 Å². The van der Waals surface area contributed by atoms with E-state index in [0.717, 1.165) is 6.42 Å². The Morgan fingerprint density at radius 1 is 1.27 bits per heavy atom. The Balaban J connectivity index is 1.68. The summed E-state index contributed by atoms with van der Waals surface area (Å²) < 4.78 is 2.25. The van der Waals surface area contributed by atoms with E-state index in [-0.39, 0.29) is 11.6 Å². The minimum absolute atomic E-state index is 0.181. The minimum Gasteiger partial charge on any atom is -0.393 e. The van der Waals surface area contributed by atoms with E-state index in [1.54, 1.807) is 0 Å². The van der Waals surface area contributed by atoms with Gasteiger partial charge < -0.3 is 9.67 Å². The number of benzene rings is 1. The fourth-order valence-electron chi connectivity index (χ4n) is 4.49. The Hall–Kier alpha value is -1.61. The highest BCUT2D eigenvalue weighted by molar-refractivity contribution is 5.70. The summed E-state index contributed by atoms with van der Waals surface area (Å²) in [5.74, 6) is 0.463. The van der Waals surface area contributed by atoms with Crippen LogP contribution in [0.1, 0.15) is 51.0 Å². The predicted octanol–water partition coefficient (Wildman–Crippen LogP) is 3.96. The zero-order chi connectivity index (χ0) is 15.2. The Labute approximate surface area is 132 Å². The van der Waals surface area contributed by atoms with Crippen LogP contribution in [0.15, 0.2) is 36.8 Å². The lowest BCUT2D eigenvalue weighted by Gasteiger charge is -2.35. The van der Waals surface area contributed by atoms with Crippen molar-refractivity contribution in [1.29, 1.82) is 0 Å². The molecule has 0 bridgehead atoms. The topological polar surface area (TPSA) is 38.1 Å². The molecule has 0 spiro atoms. The third-order valence-electron chi connectivity index (χ3n) is 5.75. The van der Waals surface area contributed by atoms with Crippen LogP contribution in [-0.2, 0) is 5.54 Å². The number of aliphatic hydroxyl groups is 1. The van der Waals surface area contributed by atoms with Crippen molar-refractivity contribution in [3.05, 3.63) is 42.4 Å². The fourth-order valence-corrected chi connectivity index (χ4v) is 4.49. The van der Waals surface area contributed by atoms with E-state index in [1.807, 2.05) is 12.5 Å². The number of hydrogen-bond acceptors (Lipinski definition) is 2. The van der Waals surface area contributed by atoms with Crippen LogP contribution >= 0.6 is 0 Å². The number of imidazole rings is 1. The van der Waals surface area contributed by atoms with Gasteiger partial charge in [-0.05, 0) is 31.2 Å². The van der Waals surface area contributed by atoms with Gasteiger partial charge in [-0.2, -0.15) is 0 Å². The molecule has 2 unspecified atom stereocenters. The molecule has 22 heavy (non-hydrogen) atoms. The van der Waals surface area contributed by atoms with Crippen molar-refractivity contribution >= 4 is 0 Å². The molecular weight excluding hydrogens is 272 g/mol. The molecule has 2 heterocycles. The van der Waals surface area contributed by atoms with Crippen LogP contribution < -0.4 is 0 Å². The Bertz CT molecular complexity index is 672. The van der Waals surface area contributed by atoms with Crippen molar-refractivity contribution < 1.29 is 5.11 Å². The molecule has 1 aromatic heterocycles. The molecule has 3 nitrogen and oxygen atoms in total. The number of nitrogens with zero attached hydrogens (tertiary/aromatic N) is 2. The highest BCUT2D eigenvalue weighted by Gasteiger charge is 2.41. The van der Waals surface area contributed by atoms with Gasteiger partial charge in [-0.1, -0.05) is 43.5 Å². The minimum atomic E-state index is -0.230. The van der Waals surface area contributed by atoms with Gasteiger partial charge in [0.15, 0.2) is 0 Å². The second-order valence-electron chi connectivity index (χ2n) is 7.14. The van der Waals surface area contributed by atoms with Gasteiger partial charge in [0.25, 0.3) is 0 Å². The van der Waals surface area contributed by atoms with E-state index in [0.29, 0.717) is 5.92 Å². The van der Waals surface area contributed by atoms with E-state index >= 15 is 0 Å². The molecule has 4 rings (SSSR count). The third-order valence-corrected chi connectivity index (χ3v) is 5.75. The van der Waals surface area contributed by atoms with Crippen molar-refractivity contribution in [3.63, 3.8) is 0 Å². The Kier molecular flexibility index (Phi) is 3.33. The van der Waals surface area contributed by atoms with Gasteiger partial charge in [0.1, 0.15) is 0 Å². The molecule has 1 aromatic carbocycles. The molecule has 1 saturated carbocycles. The predicted molar refractivity (Wildman–Crippen MR) is 87.6 cm³/mol. The average molecular weight is 296 g/mol. The average Bonchev–Trinajstić information content (AvgIpc) is 3.12. The first kappa shape index (κ1) is 14.0. The lowest BCUT2D eigenvalue weighted by molar-refractivity contribution is 0.0532. The van der Waals surface area contributed by atoms with Crippen molar-refractivity contribution in [2.75, 3.05) is 0 Å². The molecule has 0 amide bonds. The lowest BCUT2D eigenvalue weighted by Crippen LogP contribution is -2.36. The Morgan fingerprint density at radius 3 is 2.86 bits per heavy atom. The fraction of sp³-hybridized carbons (Fsp3) is 0.526. The van der Waals surface area contributed by atoms with Crippen molar-refractivity contribution in [3.8, 4) is 11.3 Å². The van der Waals surface area contributed by atoms with Crippen LogP contribution in [0.2, 0.25) is 0 Å². The molecule has 2 aromatic rings. The van der Waals surface area contributed by atoms with Gasteiger partial charge in [0.2, 0.25) is 0 Å². The van der Waals surface area contributed by atoms with Crippen LogP contribution in [0.4, 0.5) is 0 Å². The van der Waals surface area contributed by atoms with Gasteiger partial charge in [0.05, 0.1) is 29.9 Å². The molecule has 116 valence electrons. The maximum absolute atomic E-state index is 10.9. The number of fused-ring (bicyclic) bond motifs is 3. The second kappa shape index (κ2) is 5.24. The number of aliphatic hydroxyl groups excluding tert-OH is 1. The van der Waals surface area contributed by atoms with Crippen LogP contribution in [0, 0.1) is 5.92 Å². The molecule has 0 saturated heterocycles. The Morgan fingerprint density at radius 2 is 2.05 bits per heavy atom. The van der Waals surface area contributed by atoms with Crippen LogP contribution in [0.25, 0.3) is 11.3 Å². The highest BCUT2D eigenvalue weighted by Crippen LogP contribution is 2.46. The van der Waals surface area contributed by atoms with E-state index in [2.05, 4.69) is 40.7 Å². The third kappa shape index (κ3) is 2.03. The zero-order valence-corrected chi connectivity index (χ0v) is 13.2. The summed E-state index contributed by atoms with van der Waals surface area (Å²) in [5.41, 5.74) is 3.58. The first-order valence-electron chi connectivity index (χ1n) is 8.51. The van der Waals surface area contributed by atoms with Crippen molar-refractivity contribution in [1.82, 2.24) is 9.55 Å². The van der Waals surface area contributed by atoms with Gasteiger partial charge in [-0.3, -0.25) is 0 Å². The SMILES string of the molecule is CC1(CC(O)C2CCCCC2)c2ccccc2-c2cncn21. The first-order valence-corrected chi connectivity index (χ1v) is 8.51. The first-order chi connectivity index (χ1) is 10.7. The van der Waals surface area contributed by atoms with Crippen molar-refractivity contribution in [2.24, 2.45) is 5.92 Å². The van der Waals surface area contributed by atoms with Gasteiger partial charge >= 0.3 is 0 Å². The quantitative estimate of drug-likeness (QED) is 0.931. The summed E-state index contributed by atoms with van der Waals surface area (Å²) in [5, 5.41) is 10.9. The molecule has 3 heteroatoms. The van der Waals surface area contributed by atoms with E-state index in [9.17, 15) is 5.11 Å². The zero-order valence-electron chi connectivity index (χ0n) is 13.2. The molecule has 2 atom stereocenters. The molecular formula is C19H24N2O. The van der Waals surface area contributed by atoms with Gasteiger partial charge in [-0.25, -0.2) is 4.98 Å². The van der Waals surface area contributed by atoms with Gasteiger partial charge in [0, 0.05) is 12.0 Å². The highest BCUT2D eigenvalue weighted by atomic mass is 16.3. The molecule has 1 aliphatic carbocycles. The van der Waals surface area contributed by atoms with E-state index < -0.39 is 0 Å².